The van der Waals surface area contributed by atoms with Crippen molar-refractivity contribution in [2.75, 3.05) is 37.8 Å². The number of benzene rings is 1. The van der Waals surface area contributed by atoms with Gasteiger partial charge in [-0.05, 0) is 58.3 Å². The minimum absolute atomic E-state index is 0.193. The summed E-state index contributed by atoms with van der Waals surface area (Å²) in [5.41, 5.74) is 5.08. The second-order valence-corrected chi connectivity index (χ2v) is 10.6. The maximum absolute atomic E-state index is 16.1. The number of imidazole rings is 1. The van der Waals surface area contributed by atoms with Crippen LogP contribution >= 0.6 is 0 Å². The average molecular weight is 569 g/mol. The summed E-state index contributed by atoms with van der Waals surface area (Å²) in [5, 5.41) is 13.8. The first kappa shape index (κ1) is 27.2. The van der Waals surface area contributed by atoms with Crippen LogP contribution in [0.5, 0.6) is 0 Å². The Morgan fingerprint density at radius 2 is 1.81 bits per heavy atom. The molecule has 5 aromatic heterocycles. The molecule has 0 aliphatic carbocycles. The average Bonchev–Trinajstić information content (AvgIpc) is 3.57. The number of nitrogens with one attached hydrogen (secondary N) is 4. The number of hydrogen-bond donors (Lipinski definition) is 4. The van der Waals surface area contributed by atoms with Gasteiger partial charge in [0.2, 0.25) is 0 Å². The predicted molar refractivity (Wildman–Crippen MR) is 161 cm³/mol. The number of hydrogen-bond acceptors (Lipinski definition) is 8. The molecule has 0 aliphatic rings. The first-order valence-electron chi connectivity index (χ1n) is 13.6. The summed E-state index contributed by atoms with van der Waals surface area (Å²) in [6, 6.07) is 8.50. The molecule has 12 heteroatoms. The zero-order chi connectivity index (χ0) is 29.4. The van der Waals surface area contributed by atoms with E-state index in [2.05, 4.69) is 40.8 Å². The van der Waals surface area contributed by atoms with Crippen molar-refractivity contribution in [1.29, 1.82) is 0 Å². The maximum atomic E-state index is 16.1. The Hall–Kier alpha value is -4.97. The van der Waals surface area contributed by atoms with Crippen molar-refractivity contribution >= 4 is 33.4 Å². The third kappa shape index (κ3) is 5.36. The van der Waals surface area contributed by atoms with Gasteiger partial charge in [0.15, 0.2) is 11.5 Å². The van der Waals surface area contributed by atoms with Crippen molar-refractivity contribution < 1.29 is 8.78 Å². The third-order valence-electron chi connectivity index (χ3n) is 6.72. The molecule has 0 saturated heterocycles. The van der Waals surface area contributed by atoms with E-state index in [1.165, 1.54) is 18.3 Å². The van der Waals surface area contributed by atoms with Gasteiger partial charge in [0.25, 0.3) is 0 Å². The normalized spacial score (nSPS) is 11.7. The van der Waals surface area contributed by atoms with Gasteiger partial charge in [0, 0.05) is 66.3 Å². The topological polar surface area (TPSA) is 123 Å². The zero-order valence-corrected chi connectivity index (χ0v) is 23.6. The maximum Gasteiger partial charge on any atom is 0.184 e. The molecule has 0 aliphatic heterocycles. The highest BCUT2D eigenvalue weighted by Gasteiger charge is 2.21. The molecule has 0 saturated carbocycles. The van der Waals surface area contributed by atoms with Crippen LogP contribution in [0.1, 0.15) is 13.8 Å². The van der Waals surface area contributed by atoms with Crippen LogP contribution in [0.3, 0.4) is 0 Å². The van der Waals surface area contributed by atoms with Crippen molar-refractivity contribution in [1.82, 2.24) is 40.0 Å². The monoisotopic (exact) mass is 568 g/mol. The Balaban J connectivity index is 1.41. The molecule has 6 rings (SSSR count). The van der Waals surface area contributed by atoms with Crippen molar-refractivity contribution in [2.45, 2.75) is 19.9 Å². The van der Waals surface area contributed by atoms with E-state index in [1.807, 2.05) is 45.0 Å². The van der Waals surface area contributed by atoms with E-state index in [0.717, 1.165) is 12.2 Å². The summed E-state index contributed by atoms with van der Waals surface area (Å²) in [6.45, 7) is 5.49. The van der Waals surface area contributed by atoms with Crippen LogP contribution in [0.25, 0.3) is 56.0 Å². The van der Waals surface area contributed by atoms with E-state index in [9.17, 15) is 4.39 Å². The standard InChI is InChI=1S/C30H30F2N10/c1-16(2)37-21-11-18(13-33-14-21)22-15-36-29-24(25(22)32)28(40-41-29)30-38-23-5-6-35-26(27(23)39-30)17-9-19(31)12-20(10-17)34-7-8-42(3)4/h5-6,9-16,34,37H,7-8H2,1-4H3,(H,38,39)(H,36,40,41). The molecule has 10 nitrogen and oxygen atoms in total. The molecule has 0 radical (unpaired) electrons. The fourth-order valence-corrected chi connectivity index (χ4v) is 4.84. The van der Waals surface area contributed by atoms with Gasteiger partial charge in [0.05, 0.1) is 22.3 Å². The highest BCUT2D eigenvalue weighted by Crippen LogP contribution is 2.35. The molecule has 0 bridgehead atoms. The molecule has 42 heavy (non-hydrogen) atoms. The van der Waals surface area contributed by atoms with E-state index in [1.54, 1.807) is 24.7 Å². The van der Waals surface area contributed by atoms with Crippen molar-refractivity contribution in [3.8, 4) is 33.9 Å². The van der Waals surface area contributed by atoms with Crippen molar-refractivity contribution in [3.05, 3.63) is 66.8 Å². The highest BCUT2D eigenvalue weighted by molar-refractivity contribution is 5.96. The van der Waals surface area contributed by atoms with Gasteiger partial charge in [0.1, 0.15) is 22.8 Å². The molecule has 6 aromatic rings. The summed E-state index contributed by atoms with van der Waals surface area (Å²) < 4.78 is 30.7. The van der Waals surface area contributed by atoms with Crippen LogP contribution in [0.2, 0.25) is 0 Å². The van der Waals surface area contributed by atoms with Gasteiger partial charge in [-0.25, -0.2) is 18.7 Å². The van der Waals surface area contributed by atoms with Crippen LogP contribution in [0.15, 0.2) is 55.1 Å². The van der Waals surface area contributed by atoms with Crippen LogP contribution < -0.4 is 10.6 Å². The number of H-pyrrole nitrogens is 2. The number of anilines is 2. The number of rotatable bonds is 9. The molecule has 0 unspecified atom stereocenters. The Morgan fingerprint density at radius 1 is 0.976 bits per heavy atom. The van der Waals surface area contributed by atoms with Gasteiger partial charge >= 0.3 is 0 Å². The molecular formula is C30H30F2N10. The number of halogens is 2. The minimum atomic E-state index is -0.496. The van der Waals surface area contributed by atoms with Gasteiger partial charge in [-0.2, -0.15) is 5.10 Å². The van der Waals surface area contributed by atoms with Crippen LogP contribution in [-0.2, 0) is 0 Å². The number of pyridine rings is 3. The Bertz CT molecular complexity index is 1890. The van der Waals surface area contributed by atoms with E-state index in [0.29, 0.717) is 51.6 Å². The third-order valence-corrected chi connectivity index (χ3v) is 6.72. The summed E-state index contributed by atoms with van der Waals surface area (Å²) in [5.74, 6) is -0.532. The first-order valence-corrected chi connectivity index (χ1v) is 13.6. The number of fused-ring (bicyclic) bond motifs is 2. The fourth-order valence-electron chi connectivity index (χ4n) is 4.84. The molecule has 0 atom stereocenters. The smallest absolute Gasteiger partial charge is 0.184 e. The van der Waals surface area contributed by atoms with Crippen LogP contribution in [0, 0.1) is 11.6 Å². The minimum Gasteiger partial charge on any atom is -0.384 e. The Kier molecular flexibility index (Phi) is 7.21. The molecule has 214 valence electrons. The molecule has 0 fully saturated rings. The lowest BCUT2D eigenvalue weighted by atomic mass is 10.1. The van der Waals surface area contributed by atoms with Gasteiger partial charge in [-0.3, -0.25) is 15.1 Å². The van der Waals surface area contributed by atoms with Crippen molar-refractivity contribution in [2.24, 2.45) is 0 Å². The van der Waals surface area contributed by atoms with E-state index in [-0.39, 0.29) is 22.6 Å². The summed E-state index contributed by atoms with van der Waals surface area (Å²) in [7, 11) is 3.95. The quantitative estimate of drug-likeness (QED) is 0.175. The second-order valence-electron chi connectivity index (χ2n) is 10.6. The lowest BCUT2D eigenvalue weighted by Gasteiger charge is -2.12. The zero-order valence-electron chi connectivity index (χ0n) is 23.6. The largest absolute Gasteiger partial charge is 0.384 e. The van der Waals surface area contributed by atoms with Gasteiger partial charge in [-0.15, -0.1) is 0 Å². The molecule has 0 amide bonds. The molecule has 5 heterocycles. The molecule has 1 aromatic carbocycles. The number of aromatic nitrogens is 7. The van der Waals surface area contributed by atoms with E-state index >= 15 is 4.39 Å². The fraction of sp³-hybridized carbons (Fsp3) is 0.233. The number of nitrogens with zero attached hydrogens (tertiary/aromatic N) is 6. The lowest BCUT2D eigenvalue weighted by Crippen LogP contribution is -2.20. The number of aromatic amines is 2. The highest BCUT2D eigenvalue weighted by atomic mass is 19.1. The predicted octanol–water partition coefficient (Wildman–Crippen LogP) is 5.70. The van der Waals surface area contributed by atoms with Crippen LogP contribution in [-0.4, -0.2) is 73.2 Å². The SMILES string of the molecule is CC(C)Nc1cncc(-c2cnc3n[nH]c(-c4nc5c(-c6cc(F)cc(NCCN(C)C)c6)nccc5[nH]4)c3c2F)c1. The van der Waals surface area contributed by atoms with Crippen molar-refractivity contribution in [3.63, 3.8) is 0 Å². The van der Waals surface area contributed by atoms with E-state index in [4.69, 9.17) is 4.98 Å². The molecular weight excluding hydrogens is 538 g/mol. The Labute approximate surface area is 240 Å². The Morgan fingerprint density at radius 3 is 2.62 bits per heavy atom. The van der Waals surface area contributed by atoms with Gasteiger partial charge in [-0.1, -0.05) is 0 Å². The first-order chi connectivity index (χ1) is 20.3. The summed E-state index contributed by atoms with van der Waals surface area (Å²) in [6.07, 6.45) is 6.37. The summed E-state index contributed by atoms with van der Waals surface area (Å²) in [4.78, 5) is 23.2. The summed E-state index contributed by atoms with van der Waals surface area (Å²) >= 11 is 0. The van der Waals surface area contributed by atoms with Gasteiger partial charge < -0.3 is 20.5 Å². The molecule has 0 spiro atoms. The molecule has 4 N–H and O–H groups in total. The van der Waals surface area contributed by atoms with E-state index < -0.39 is 11.6 Å². The number of likely N-dealkylation sites (N-methyl/N-ethyl adjacent to an activating group) is 1. The second kappa shape index (κ2) is 11.1. The van der Waals surface area contributed by atoms with Crippen LogP contribution in [0.4, 0.5) is 20.2 Å². The lowest BCUT2D eigenvalue weighted by molar-refractivity contribution is 0.425.